The first-order chi connectivity index (χ1) is 7.81. The molecule has 0 saturated carbocycles. The summed E-state index contributed by atoms with van der Waals surface area (Å²) in [6, 6.07) is 1.66. The van der Waals surface area contributed by atoms with Crippen molar-refractivity contribution < 1.29 is 0 Å². The molecule has 2 aliphatic heterocycles. The van der Waals surface area contributed by atoms with E-state index in [1.165, 1.54) is 43.9 Å². The molecule has 2 atom stereocenters. The molecule has 0 aromatic rings. The summed E-state index contributed by atoms with van der Waals surface area (Å²) in [5, 5.41) is 3.63. The average molecular weight is 242 g/mol. The second-order valence-corrected chi connectivity index (χ2v) is 6.49. The molecule has 2 fully saturated rings. The Morgan fingerprint density at radius 3 is 2.62 bits per heavy atom. The van der Waals surface area contributed by atoms with E-state index in [-0.39, 0.29) is 0 Å². The van der Waals surface area contributed by atoms with E-state index in [0.717, 1.165) is 24.5 Å². The molecule has 0 aromatic carbocycles. The van der Waals surface area contributed by atoms with Crippen LogP contribution in [0.1, 0.15) is 33.1 Å². The minimum atomic E-state index is 0.763. The van der Waals surface area contributed by atoms with Gasteiger partial charge < -0.3 is 5.32 Å². The maximum atomic E-state index is 3.63. The predicted octanol–water partition coefficient (Wildman–Crippen LogP) is 2.20. The van der Waals surface area contributed by atoms with Crippen LogP contribution in [0.2, 0.25) is 0 Å². The third-order valence-corrected chi connectivity index (χ3v) is 5.16. The Kier molecular flexibility index (Phi) is 4.98. The monoisotopic (exact) mass is 242 g/mol. The Bertz CT molecular complexity index is 204. The van der Waals surface area contributed by atoms with Crippen molar-refractivity contribution in [2.75, 3.05) is 31.1 Å². The fourth-order valence-electron chi connectivity index (χ4n) is 3.13. The van der Waals surface area contributed by atoms with Gasteiger partial charge in [-0.05, 0) is 49.8 Å². The average Bonchev–Trinajstić information content (AvgIpc) is 2.33. The number of hydrogen-bond acceptors (Lipinski definition) is 3. The highest BCUT2D eigenvalue weighted by atomic mass is 32.2. The molecule has 0 bridgehead atoms. The van der Waals surface area contributed by atoms with Crippen LogP contribution in [-0.2, 0) is 0 Å². The lowest BCUT2D eigenvalue weighted by molar-refractivity contribution is 0.0994. The lowest BCUT2D eigenvalue weighted by Gasteiger charge is -2.42. The molecule has 0 radical (unpaired) electrons. The minimum Gasteiger partial charge on any atom is -0.314 e. The fraction of sp³-hybridized carbons (Fsp3) is 1.00. The van der Waals surface area contributed by atoms with Crippen molar-refractivity contribution >= 4 is 11.8 Å². The molecule has 2 saturated heterocycles. The van der Waals surface area contributed by atoms with Crippen LogP contribution in [-0.4, -0.2) is 48.1 Å². The number of thioether (sulfide) groups is 1. The van der Waals surface area contributed by atoms with Crippen LogP contribution in [0.5, 0.6) is 0 Å². The van der Waals surface area contributed by atoms with Gasteiger partial charge in [0, 0.05) is 18.6 Å². The first-order valence-corrected chi connectivity index (χ1v) is 8.02. The van der Waals surface area contributed by atoms with Crippen molar-refractivity contribution in [3.05, 3.63) is 0 Å². The van der Waals surface area contributed by atoms with E-state index in [9.17, 15) is 0 Å². The topological polar surface area (TPSA) is 15.3 Å². The van der Waals surface area contributed by atoms with Crippen LogP contribution in [0.15, 0.2) is 0 Å². The second-order valence-electron chi connectivity index (χ2n) is 5.27. The highest BCUT2D eigenvalue weighted by molar-refractivity contribution is 7.99. The lowest BCUT2D eigenvalue weighted by Crippen LogP contribution is -2.52. The first-order valence-electron chi connectivity index (χ1n) is 6.86. The van der Waals surface area contributed by atoms with E-state index in [4.69, 9.17) is 0 Å². The zero-order chi connectivity index (χ0) is 11.4. The normalized spacial score (nSPS) is 34.1. The van der Waals surface area contributed by atoms with Crippen LogP contribution in [0.3, 0.4) is 0 Å². The largest absolute Gasteiger partial charge is 0.314 e. The van der Waals surface area contributed by atoms with Gasteiger partial charge >= 0.3 is 0 Å². The van der Waals surface area contributed by atoms with Crippen LogP contribution in [0, 0.1) is 5.92 Å². The maximum Gasteiger partial charge on any atom is 0.0117 e. The summed E-state index contributed by atoms with van der Waals surface area (Å²) in [6.45, 7) is 8.38. The molecule has 94 valence electrons. The van der Waals surface area contributed by atoms with E-state index >= 15 is 0 Å². The van der Waals surface area contributed by atoms with E-state index in [1.807, 2.05) is 0 Å². The van der Waals surface area contributed by atoms with Gasteiger partial charge in [0.05, 0.1) is 0 Å². The Labute approximate surface area is 105 Å². The number of nitrogens with zero attached hydrogens (tertiary/aromatic N) is 1. The van der Waals surface area contributed by atoms with Crippen LogP contribution in [0.25, 0.3) is 0 Å². The molecule has 0 amide bonds. The van der Waals surface area contributed by atoms with Gasteiger partial charge in [0.15, 0.2) is 0 Å². The van der Waals surface area contributed by atoms with Gasteiger partial charge in [-0.1, -0.05) is 13.8 Å². The van der Waals surface area contributed by atoms with Crippen molar-refractivity contribution in [1.29, 1.82) is 0 Å². The van der Waals surface area contributed by atoms with Crippen LogP contribution < -0.4 is 5.32 Å². The van der Waals surface area contributed by atoms with Crippen LogP contribution >= 0.6 is 11.8 Å². The Morgan fingerprint density at radius 2 is 2.00 bits per heavy atom. The Hall–Kier alpha value is 0.270. The van der Waals surface area contributed by atoms with Gasteiger partial charge in [-0.3, -0.25) is 4.90 Å². The van der Waals surface area contributed by atoms with E-state index in [2.05, 4.69) is 35.8 Å². The molecule has 2 rings (SSSR count). The quantitative estimate of drug-likeness (QED) is 0.817. The maximum absolute atomic E-state index is 3.63. The van der Waals surface area contributed by atoms with Crippen molar-refractivity contribution in [2.45, 2.75) is 45.2 Å². The highest BCUT2D eigenvalue weighted by Crippen LogP contribution is 2.26. The van der Waals surface area contributed by atoms with Gasteiger partial charge in [-0.2, -0.15) is 11.8 Å². The van der Waals surface area contributed by atoms with E-state index in [1.54, 1.807) is 0 Å². The zero-order valence-electron chi connectivity index (χ0n) is 10.7. The summed E-state index contributed by atoms with van der Waals surface area (Å²) in [5.74, 6) is 3.58. The van der Waals surface area contributed by atoms with Crippen molar-refractivity contribution in [1.82, 2.24) is 10.2 Å². The molecule has 3 heteroatoms. The van der Waals surface area contributed by atoms with Crippen molar-refractivity contribution in [3.63, 3.8) is 0 Å². The molecule has 1 N–H and O–H groups in total. The predicted molar refractivity (Wildman–Crippen MR) is 73.2 cm³/mol. The van der Waals surface area contributed by atoms with Gasteiger partial charge in [0.2, 0.25) is 0 Å². The second kappa shape index (κ2) is 6.27. The molecule has 0 aliphatic carbocycles. The third kappa shape index (κ3) is 3.14. The third-order valence-electron chi connectivity index (χ3n) is 4.11. The van der Waals surface area contributed by atoms with E-state index in [0.29, 0.717) is 0 Å². The lowest BCUT2D eigenvalue weighted by atomic mass is 9.92. The molecular weight excluding hydrogens is 216 g/mol. The standard InChI is InChI=1S/C13H26N2S/c1-3-14-13-4-7-15(10-11(13)2)12-5-8-16-9-6-12/h11-14H,3-10H2,1-2H3. The van der Waals surface area contributed by atoms with Gasteiger partial charge in [-0.15, -0.1) is 0 Å². The van der Waals surface area contributed by atoms with E-state index < -0.39 is 0 Å². The number of piperidine rings is 1. The summed E-state index contributed by atoms with van der Waals surface area (Å²) in [4.78, 5) is 2.76. The summed E-state index contributed by atoms with van der Waals surface area (Å²) in [5.41, 5.74) is 0. The smallest absolute Gasteiger partial charge is 0.0117 e. The molecule has 0 spiro atoms. The summed E-state index contributed by atoms with van der Waals surface area (Å²) >= 11 is 2.13. The molecule has 0 aromatic heterocycles. The Balaban J connectivity index is 1.81. The minimum absolute atomic E-state index is 0.763. The fourth-order valence-corrected chi connectivity index (χ4v) is 4.21. The molecule has 2 aliphatic rings. The zero-order valence-corrected chi connectivity index (χ0v) is 11.6. The van der Waals surface area contributed by atoms with Crippen LogP contribution in [0.4, 0.5) is 0 Å². The number of rotatable bonds is 3. The highest BCUT2D eigenvalue weighted by Gasteiger charge is 2.29. The molecule has 2 nitrogen and oxygen atoms in total. The Morgan fingerprint density at radius 1 is 1.25 bits per heavy atom. The molecule has 2 heterocycles. The van der Waals surface area contributed by atoms with Crippen molar-refractivity contribution in [2.24, 2.45) is 5.92 Å². The first kappa shape index (κ1) is 12.7. The van der Waals surface area contributed by atoms with Gasteiger partial charge in [0.1, 0.15) is 0 Å². The summed E-state index contributed by atoms with van der Waals surface area (Å²) < 4.78 is 0. The number of likely N-dealkylation sites (tertiary alicyclic amines) is 1. The number of nitrogens with one attached hydrogen (secondary N) is 1. The number of hydrogen-bond donors (Lipinski definition) is 1. The summed E-state index contributed by atoms with van der Waals surface area (Å²) in [6.07, 6.45) is 4.19. The molecule has 2 unspecified atom stereocenters. The summed E-state index contributed by atoms with van der Waals surface area (Å²) in [7, 11) is 0. The van der Waals surface area contributed by atoms with Crippen molar-refractivity contribution in [3.8, 4) is 0 Å². The van der Waals surface area contributed by atoms with Gasteiger partial charge in [0.25, 0.3) is 0 Å². The van der Waals surface area contributed by atoms with Gasteiger partial charge in [-0.25, -0.2) is 0 Å². The molecular formula is C13H26N2S. The SMILES string of the molecule is CCNC1CCN(C2CCSCC2)CC1C. The molecule has 16 heavy (non-hydrogen) atoms.